The maximum Gasteiger partial charge on any atom is 0.225 e. The maximum absolute atomic E-state index is 12.0. The summed E-state index contributed by atoms with van der Waals surface area (Å²) < 4.78 is 5.64. The highest BCUT2D eigenvalue weighted by Crippen LogP contribution is 2.24. The van der Waals surface area contributed by atoms with Crippen LogP contribution in [0.5, 0.6) is 5.75 Å². The molecule has 0 aliphatic rings. The second-order valence-electron chi connectivity index (χ2n) is 4.80. The Bertz CT molecular complexity index is 587. The number of anilines is 1. The molecule has 1 amide bonds. The van der Waals surface area contributed by atoms with Gasteiger partial charge in [0.1, 0.15) is 5.75 Å². The van der Waals surface area contributed by atoms with Gasteiger partial charge in [0.25, 0.3) is 0 Å². The number of nitrogens with one attached hydrogen (secondary N) is 1. The van der Waals surface area contributed by atoms with E-state index in [1.807, 2.05) is 42.5 Å². The Hall–Kier alpha value is -1.94. The first-order valence-corrected chi connectivity index (χ1v) is 8.47. The third-order valence-electron chi connectivity index (χ3n) is 2.96. The molecule has 2 rings (SSSR count). The van der Waals surface area contributed by atoms with E-state index in [0.717, 1.165) is 23.6 Å². The Morgan fingerprint density at radius 1 is 1.09 bits per heavy atom. The summed E-state index contributed by atoms with van der Waals surface area (Å²) in [6.07, 6.45) is 1.41. The van der Waals surface area contributed by atoms with Crippen LogP contribution in [-0.4, -0.2) is 18.3 Å². The monoisotopic (exact) mass is 315 g/mol. The fourth-order valence-corrected chi connectivity index (χ4v) is 2.77. The lowest BCUT2D eigenvalue weighted by atomic mass is 10.3. The van der Waals surface area contributed by atoms with E-state index in [1.165, 1.54) is 4.90 Å². The zero-order valence-electron chi connectivity index (χ0n) is 12.7. The van der Waals surface area contributed by atoms with Crippen molar-refractivity contribution in [1.29, 1.82) is 0 Å². The first kappa shape index (κ1) is 16.4. The molecule has 0 aliphatic heterocycles. The van der Waals surface area contributed by atoms with Crippen molar-refractivity contribution in [3.8, 4) is 5.75 Å². The van der Waals surface area contributed by atoms with E-state index in [2.05, 4.69) is 24.4 Å². The number of para-hydroxylation sites is 2. The number of benzene rings is 2. The first-order chi connectivity index (χ1) is 10.8. The SMILES string of the molecule is CCCOc1ccccc1NC(=O)CCSc1ccccc1. The quantitative estimate of drug-likeness (QED) is 0.724. The molecule has 3 nitrogen and oxygen atoms in total. The molecule has 116 valence electrons. The van der Waals surface area contributed by atoms with Gasteiger partial charge < -0.3 is 10.1 Å². The summed E-state index contributed by atoms with van der Waals surface area (Å²) in [6.45, 7) is 2.71. The molecular weight excluding hydrogens is 294 g/mol. The summed E-state index contributed by atoms with van der Waals surface area (Å²) in [7, 11) is 0. The molecule has 0 unspecified atom stereocenters. The Morgan fingerprint density at radius 2 is 1.82 bits per heavy atom. The van der Waals surface area contributed by atoms with E-state index in [0.29, 0.717) is 13.0 Å². The van der Waals surface area contributed by atoms with Crippen molar-refractivity contribution in [2.75, 3.05) is 17.7 Å². The van der Waals surface area contributed by atoms with E-state index in [1.54, 1.807) is 11.8 Å². The van der Waals surface area contributed by atoms with Gasteiger partial charge in [0.05, 0.1) is 12.3 Å². The molecule has 2 aromatic rings. The largest absolute Gasteiger partial charge is 0.491 e. The van der Waals surface area contributed by atoms with Crippen LogP contribution in [0.4, 0.5) is 5.69 Å². The average molecular weight is 315 g/mol. The van der Waals surface area contributed by atoms with Crippen molar-refractivity contribution in [3.05, 3.63) is 54.6 Å². The predicted octanol–water partition coefficient (Wildman–Crippen LogP) is 4.60. The summed E-state index contributed by atoms with van der Waals surface area (Å²) in [5.74, 6) is 1.50. The number of hydrogen-bond donors (Lipinski definition) is 1. The molecule has 4 heteroatoms. The van der Waals surface area contributed by atoms with Crippen LogP contribution in [0.25, 0.3) is 0 Å². The molecule has 0 saturated heterocycles. The highest BCUT2D eigenvalue weighted by molar-refractivity contribution is 7.99. The third-order valence-corrected chi connectivity index (χ3v) is 3.98. The minimum atomic E-state index is 0.0102. The van der Waals surface area contributed by atoms with Gasteiger partial charge >= 0.3 is 0 Å². The van der Waals surface area contributed by atoms with Crippen LogP contribution >= 0.6 is 11.8 Å². The van der Waals surface area contributed by atoms with Crippen molar-refractivity contribution >= 4 is 23.4 Å². The zero-order valence-corrected chi connectivity index (χ0v) is 13.6. The molecule has 0 saturated carbocycles. The number of carbonyl (C=O) groups is 1. The molecule has 0 radical (unpaired) electrons. The molecule has 0 spiro atoms. The summed E-state index contributed by atoms with van der Waals surface area (Å²) >= 11 is 1.69. The lowest BCUT2D eigenvalue weighted by molar-refractivity contribution is -0.115. The lowest BCUT2D eigenvalue weighted by Gasteiger charge is -2.11. The number of amides is 1. The molecule has 2 aromatic carbocycles. The zero-order chi connectivity index (χ0) is 15.6. The van der Waals surface area contributed by atoms with Gasteiger partial charge in [-0.3, -0.25) is 4.79 Å². The van der Waals surface area contributed by atoms with E-state index < -0.39 is 0 Å². The van der Waals surface area contributed by atoms with Gasteiger partial charge in [-0.25, -0.2) is 0 Å². The van der Waals surface area contributed by atoms with Crippen molar-refractivity contribution in [2.24, 2.45) is 0 Å². The second kappa shape index (κ2) is 9.15. The molecule has 0 heterocycles. The predicted molar refractivity (Wildman–Crippen MR) is 92.6 cm³/mol. The van der Waals surface area contributed by atoms with Crippen LogP contribution in [0.1, 0.15) is 19.8 Å². The molecule has 0 atom stereocenters. The smallest absolute Gasteiger partial charge is 0.225 e. The highest BCUT2D eigenvalue weighted by atomic mass is 32.2. The number of ether oxygens (including phenoxy) is 1. The minimum Gasteiger partial charge on any atom is -0.491 e. The van der Waals surface area contributed by atoms with Crippen molar-refractivity contribution in [1.82, 2.24) is 0 Å². The van der Waals surface area contributed by atoms with Crippen LogP contribution in [0.15, 0.2) is 59.5 Å². The van der Waals surface area contributed by atoms with E-state index in [4.69, 9.17) is 4.74 Å². The van der Waals surface area contributed by atoms with Gasteiger partial charge in [0, 0.05) is 17.1 Å². The standard InChI is InChI=1S/C18H21NO2S/c1-2-13-21-17-11-7-6-10-16(17)19-18(20)12-14-22-15-8-4-3-5-9-15/h3-11H,2,12-14H2,1H3,(H,19,20). The summed E-state index contributed by atoms with van der Waals surface area (Å²) in [5.41, 5.74) is 0.741. The molecule has 0 fully saturated rings. The number of hydrogen-bond acceptors (Lipinski definition) is 3. The Labute approximate surface area is 136 Å². The van der Waals surface area contributed by atoms with Crippen molar-refractivity contribution in [3.63, 3.8) is 0 Å². The average Bonchev–Trinajstić information content (AvgIpc) is 2.55. The Kier molecular flexibility index (Phi) is 6.84. The number of rotatable bonds is 8. The van der Waals surface area contributed by atoms with Gasteiger partial charge in [-0.1, -0.05) is 37.3 Å². The molecule has 0 aromatic heterocycles. The molecular formula is C18H21NO2S. The maximum atomic E-state index is 12.0. The highest BCUT2D eigenvalue weighted by Gasteiger charge is 2.07. The third kappa shape index (κ3) is 5.45. The number of thioether (sulfide) groups is 1. The fraction of sp³-hybridized carbons (Fsp3) is 0.278. The topological polar surface area (TPSA) is 38.3 Å². The summed E-state index contributed by atoms with van der Waals surface area (Å²) in [6, 6.07) is 17.7. The number of carbonyl (C=O) groups excluding carboxylic acids is 1. The van der Waals surface area contributed by atoms with Gasteiger partial charge in [-0.2, -0.15) is 0 Å². The van der Waals surface area contributed by atoms with Gasteiger partial charge in [-0.15, -0.1) is 11.8 Å². The molecule has 0 aliphatic carbocycles. The molecule has 22 heavy (non-hydrogen) atoms. The first-order valence-electron chi connectivity index (χ1n) is 7.49. The molecule has 1 N–H and O–H groups in total. The van der Waals surface area contributed by atoms with Crippen LogP contribution < -0.4 is 10.1 Å². The normalized spacial score (nSPS) is 10.2. The Morgan fingerprint density at radius 3 is 2.59 bits per heavy atom. The lowest BCUT2D eigenvalue weighted by Crippen LogP contribution is -2.13. The van der Waals surface area contributed by atoms with E-state index in [9.17, 15) is 4.79 Å². The molecule has 0 bridgehead atoms. The van der Waals surface area contributed by atoms with Crippen molar-refractivity contribution < 1.29 is 9.53 Å². The van der Waals surface area contributed by atoms with E-state index in [-0.39, 0.29) is 5.91 Å². The summed E-state index contributed by atoms with van der Waals surface area (Å²) in [5, 5.41) is 2.93. The van der Waals surface area contributed by atoms with Crippen LogP contribution in [0.3, 0.4) is 0 Å². The van der Waals surface area contributed by atoms with Crippen LogP contribution in [0, 0.1) is 0 Å². The van der Waals surface area contributed by atoms with Gasteiger partial charge in [0.2, 0.25) is 5.91 Å². The van der Waals surface area contributed by atoms with Crippen molar-refractivity contribution in [2.45, 2.75) is 24.7 Å². The van der Waals surface area contributed by atoms with Gasteiger partial charge in [-0.05, 0) is 30.7 Å². The van der Waals surface area contributed by atoms with Crippen LogP contribution in [0.2, 0.25) is 0 Å². The van der Waals surface area contributed by atoms with E-state index >= 15 is 0 Å². The minimum absolute atomic E-state index is 0.0102. The summed E-state index contributed by atoms with van der Waals surface area (Å²) in [4.78, 5) is 13.2. The second-order valence-corrected chi connectivity index (χ2v) is 5.97. The van der Waals surface area contributed by atoms with Gasteiger partial charge in [0.15, 0.2) is 0 Å². The van der Waals surface area contributed by atoms with Crippen LogP contribution in [-0.2, 0) is 4.79 Å². The fourth-order valence-electron chi connectivity index (χ4n) is 1.90. The Balaban J connectivity index is 1.81.